The molecular formula is C24H21F3N4O4S. The van der Waals surface area contributed by atoms with Gasteiger partial charge in [-0.15, -0.1) is 11.3 Å². The van der Waals surface area contributed by atoms with E-state index in [1.165, 1.54) is 29.7 Å². The number of nitrogens with zero attached hydrogens (tertiary/aromatic N) is 3. The van der Waals surface area contributed by atoms with E-state index in [0.29, 0.717) is 27.4 Å². The minimum Gasteiger partial charge on any atom is -0.463 e. The number of fused-ring (bicyclic) bond motifs is 2. The number of anilines is 1. The summed E-state index contributed by atoms with van der Waals surface area (Å²) in [6.07, 6.45) is -1.08. The van der Waals surface area contributed by atoms with Crippen LogP contribution >= 0.6 is 11.3 Å². The highest BCUT2D eigenvalue weighted by Gasteiger charge is 2.36. The fourth-order valence-electron chi connectivity index (χ4n) is 4.26. The van der Waals surface area contributed by atoms with Crippen LogP contribution in [0.1, 0.15) is 57.2 Å². The molecule has 1 aliphatic carbocycles. The molecule has 1 amide bonds. The summed E-state index contributed by atoms with van der Waals surface area (Å²) in [5, 5.41) is 6.86. The Hall–Kier alpha value is -3.67. The molecule has 0 saturated carbocycles. The lowest BCUT2D eigenvalue weighted by molar-refractivity contribution is -0.142. The molecular weight excluding hydrogens is 497 g/mol. The number of hydrogen-bond acceptors (Lipinski definition) is 7. The Kier molecular flexibility index (Phi) is 6.07. The van der Waals surface area contributed by atoms with E-state index < -0.39 is 23.7 Å². The van der Waals surface area contributed by atoms with Gasteiger partial charge in [-0.2, -0.15) is 18.3 Å². The lowest BCUT2D eigenvalue weighted by Gasteiger charge is -2.18. The van der Waals surface area contributed by atoms with Crippen molar-refractivity contribution in [2.75, 3.05) is 11.9 Å². The maximum Gasteiger partial charge on any atom is 0.433 e. The Balaban J connectivity index is 1.54. The lowest BCUT2D eigenvalue weighted by Crippen LogP contribution is -2.17. The van der Waals surface area contributed by atoms with Crippen molar-refractivity contribution in [2.24, 2.45) is 5.92 Å². The Labute approximate surface area is 207 Å². The zero-order chi connectivity index (χ0) is 25.6. The second kappa shape index (κ2) is 9.08. The Morgan fingerprint density at radius 1 is 1.33 bits per heavy atom. The van der Waals surface area contributed by atoms with Crippen LogP contribution in [0.4, 0.5) is 18.2 Å². The molecule has 36 heavy (non-hydrogen) atoms. The smallest absolute Gasteiger partial charge is 0.433 e. The van der Waals surface area contributed by atoms with Gasteiger partial charge in [0.2, 0.25) is 0 Å². The van der Waals surface area contributed by atoms with Crippen molar-refractivity contribution >= 4 is 33.9 Å². The van der Waals surface area contributed by atoms with Gasteiger partial charge in [0.05, 0.1) is 18.4 Å². The second-order valence-corrected chi connectivity index (χ2v) is 9.64. The molecule has 1 atom stereocenters. The molecule has 0 saturated heterocycles. The van der Waals surface area contributed by atoms with Crippen LogP contribution in [-0.2, 0) is 23.8 Å². The predicted octanol–water partition coefficient (Wildman–Crippen LogP) is 5.62. The van der Waals surface area contributed by atoms with Crippen molar-refractivity contribution in [3.8, 4) is 11.5 Å². The number of carbonyl (C=O) groups is 2. The van der Waals surface area contributed by atoms with Gasteiger partial charge in [-0.1, -0.05) is 6.92 Å². The van der Waals surface area contributed by atoms with Crippen molar-refractivity contribution in [3.63, 3.8) is 0 Å². The number of aromatic nitrogens is 3. The van der Waals surface area contributed by atoms with E-state index in [-0.39, 0.29) is 29.4 Å². The van der Waals surface area contributed by atoms with Crippen LogP contribution in [0.5, 0.6) is 0 Å². The fourth-order valence-corrected chi connectivity index (χ4v) is 5.66. The van der Waals surface area contributed by atoms with E-state index in [1.54, 1.807) is 6.92 Å². The average molecular weight is 519 g/mol. The Bertz CT molecular complexity index is 1460. The van der Waals surface area contributed by atoms with Crippen molar-refractivity contribution in [1.29, 1.82) is 0 Å². The van der Waals surface area contributed by atoms with Crippen molar-refractivity contribution in [2.45, 2.75) is 39.3 Å². The minimum atomic E-state index is -4.76. The highest BCUT2D eigenvalue weighted by Crippen LogP contribution is 2.40. The molecule has 188 valence electrons. The second-order valence-electron chi connectivity index (χ2n) is 8.53. The highest BCUT2D eigenvalue weighted by molar-refractivity contribution is 7.17. The normalized spacial score (nSPS) is 15.6. The first kappa shape index (κ1) is 24.0. The lowest BCUT2D eigenvalue weighted by atomic mass is 9.88. The van der Waals surface area contributed by atoms with E-state index in [0.717, 1.165) is 35.4 Å². The first-order chi connectivity index (χ1) is 17.2. The van der Waals surface area contributed by atoms with Crippen LogP contribution in [0, 0.1) is 5.92 Å². The van der Waals surface area contributed by atoms with Gasteiger partial charge in [-0.05, 0) is 55.9 Å². The summed E-state index contributed by atoms with van der Waals surface area (Å²) in [6.45, 7) is 3.98. The summed E-state index contributed by atoms with van der Waals surface area (Å²) in [7, 11) is 0. The number of hydrogen-bond donors (Lipinski definition) is 1. The van der Waals surface area contributed by atoms with Gasteiger partial charge in [0.15, 0.2) is 22.8 Å². The van der Waals surface area contributed by atoms with Crippen LogP contribution in [0.2, 0.25) is 0 Å². The van der Waals surface area contributed by atoms with Crippen LogP contribution < -0.4 is 5.32 Å². The van der Waals surface area contributed by atoms with Gasteiger partial charge < -0.3 is 14.5 Å². The molecule has 4 heterocycles. The first-order valence-electron chi connectivity index (χ1n) is 11.3. The number of esters is 1. The fraction of sp³-hybridized carbons (Fsp3) is 0.333. The molecule has 4 aromatic heterocycles. The number of thiophene rings is 1. The number of alkyl halides is 3. The SMILES string of the molecule is CCOC(=O)c1c(NC(=O)c2cc3nc(-c4ccco4)cc(C(F)(F)F)n3n2)sc2c1CCC(C)C2. The van der Waals surface area contributed by atoms with Gasteiger partial charge in [0, 0.05) is 10.9 Å². The summed E-state index contributed by atoms with van der Waals surface area (Å²) in [5.41, 5.74) is -0.450. The van der Waals surface area contributed by atoms with Crippen molar-refractivity contribution in [3.05, 3.63) is 57.9 Å². The number of halogens is 3. The topological polar surface area (TPSA) is 98.7 Å². The molecule has 12 heteroatoms. The van der Waals surface area contributed by atoms with Gasteiger partial charge in [0.1, 0.15) is 10.7 Å². The van der Waals surface area contributed by atoms with E-state index in [1.807, 2.05) is 0 Å². The van der Waals surface area contributed by atoms with Crippen molar-refractivity contribution in [1.82, 2.24) is 14.6 Å². The molecule has 4 aromatic rings. The summed E-state index contributed by atoms with van der Waals surface area (Å²) in [6, 6.07) is 5.00. The van der Waals surface area contributed by atoms with Gasteiger partial charge in [0.25, 0.3) is 5.91 Å². The Morgan fingerprint density at radius 2 is 2.14 bits per heavy atom. The molecule has 1 N–H and O–H groups in total. The van der Waals surface area contributed by atoms with Gasteiger partial charge >= 0.3 is 12.1 Å². The van der Waals surface area contributed by atoms with E-state index in [2.05, 4.69) is 22.3 Å². The third-order valence-electron chi connectivity index (χ3n) is 5.94. The van der Waals surface area contributed by atoms with E-state index in [9.17, 15) is 22.8 Å². The number of ether oxygens (including phenoxy) is 1. The maximum absolute atomic E-state index is 13.8. The number of amides is 1. The van der Waals surface area contributed by atoms with E-state index in [4.69, 9.17) is 9.15 Å². The third kappa shape index (κ3) is 4.36. The molecule has 0 aromatic carbocycles. The molecule has 0 spiro atoms. The maximum atomic E-state index is 13.8. The zero-order valence-electron chi connectivity index (χ0n) is 19.3. The highest BCUT2D eigenvalue weighted by atomic mass is 32.1. The predicted molar refractivity (Wildman–Crippen MR) is 125 cm³/mol. The quantitative estimate of drug-likeness (QED) is 0.344. The number of rotatable bonds is 5. The number of nitrogens with one attached hydrogen (secondary N) is 1. The average Bonchev–Trinajstić information content (AvgIpc) is 3.55. The van der Waals surface area contributed by atoms with Crippen LogP contribution in [0.15, 0.2) is 34.9 Å². The largest absolute Gasteiger partial charge is 0.463 e. The third-order valence-corrected chi connectivity index (χ3v) is 7.11. The molecule has 0 fully saturated rings. The zero-order valence-corrected chi connectivity index (χ0v) is 20.1. The van der Waals surface area contributed by atoms with E-state index >= 15 is 0 Å². The summed E-state index contributed by atoms with van der Waals surface area (Å²) < 4.78 is 52.4. The Morgan fingerprint density at radius 3 is 2.83 bits per heavy atom. The van der Waals surface area contributed by atoms with Gasteiger partial charge in [-0.25, -0.2) is 14.3 Å². The first-order valence-corrected chi connectivity index (χ1v) is 12.1. The molecule has 5 rings (SSSR count). The molecule has 8 nitrogen and oxygen atoms in total. The van der Waals surface area contributed by atoms with Crippen LogP contribution in [0.25, 0.3) is 17.1 Å². The molecule has 1 aliphatic rings. The number of furan rings is 1. The number of carbonyl (C=O) groups excluding carboxylic acids is 2. The van der Waals surface area contributed by atoms with Crippen molar-refractivity contribution < 1.29 is 31.9 Å². The summed E-state index contributed by atoms with van der Waals surface area (Å²) in [4.78, 5) is 31.0. The monoisotopic (exact) mass is 518 g/mol. The van der Waals surface area contributed by atoms with Gasteiger partial charge in [-0.3, -0.25) is 4.79 Å². The molecule has 0 aliphatic heterocycles. The summed E-state index contributed by atoms with van der Waals surface area (Å²) in [5.74, 6) is -0.722. The summed E-state index contributed by atoms with van der Waals surface area (Å²) >= 11 is 1.28. The standard InChI is InChI=1S/C24H21F3N4O4S/c1-3-34-23(33)20-13-7-6-12(2)9-17(13)36-22(20)29-21(32)15-11-19-28-14(16-5-4-8-35-16)10-18(24(25,26)27)31(19)30-15/h4-5,8,10-12H,3,6-7,9H2,1-2H3,(H,29,32). The molecule has 1 unspecified atom stereocenters. The molecule has 0 bridgehead atoms. The van der Waals surface area contributed by atoms with Crippen LogP contribution in [0.3, 0.4) is 0 Å². The molecule has 0 radical (unpaired) electrons. The minimum absolute atomic E-state index is 0.0451. The van der Waals surface area contributed by atoms with Crippen LogP contribution in [-0.4, -0.2) is 33.1 Å².